The lowest BCUT2D eigenvalue weighted by Crippen LogP contribution is -2.18. The van der Waals surface area contributed by atoms with E-state index in [1.54, 1.807) is 30.7 Å². The average Bonchev–Trinajstić information content (AvgIpc) is 2.62. The number of anilines is 1. The van der Waals surface area contributed by atoms with Gasteiger partial charge >= 0.3 is 5.97 Å². The molecule has 0 radical (unpaired) electrons. The first-order chi connectivity index (χ1) is 12.1. The molecule has 0 saturated carbocycles. The van der Waals surface area contributed by atoms with E-state index in [1.807, 2.05) is 13.0 Å². The fourth-order valence-corrected chi connectivity index (χ4v) is 2.28. The number of rotatable bonds is 6. The number of carbonyl (C=O) groups is 1. The van der Waals surface area contributed by atoms with Gasteiger partial charge in [0.05, 0.1) is 12.1 Å². The molecule has 0 aliphatic heterocycles. The Morgan fingerprint density at radius 1 is 1.28 bits per heavy atom. The van der Waals surface area contributed by atoms with Crippen LogP contribution in [0.2, 0.25) is 0 Å². The third-order valence-corrected chi connectivity index (χ3v) is 3.50. The maximum Gasteiger partial charge on any atom is 0.307 e. The Kier molecular flexibility index (Phi) is 4.98. The minimum Gasteiger partial charge on any atom is -0.459 e. The topological polar surface area (TPSA) is 98.5 Å². The molecule has 0 aromatic carbocycles. The van der Waals surface area contributed by atoms with E-state index in [1.165, 1.54) is 10.5 Å². The van der Waals surface area contributed by atoms with Gasteiger partial charge < -0.3 is 10.1 Å². The molecule has 25 heavy (non-hydrogen) atoms. The number of nitrogens with one attached hydrogen (secondary N) is 1. The molecule has 128 valence electrons. The zero-order valence-electron chi connectivity index (χ0n) is 13.7. The number of aromatic nitrogens is 4. The van der Waals surface area contributed by atoms with Gasteiger partial charge in [-0.15, -0.1) is 0 Å². The molecule has 3 heterocycles. The van der Waals surface area contributed by atoms with E-state index in [9.17, 15) is 9.59 Å². The van der Waals surface area contributed by atoms with E-state index in [0.717, 1.165) is 5.56 Å². The Labute approximate surface area is 143 Å². The van der Waals surface area contributed by atoms with Crippen molar-refractivity contribution in [3.05, 3.63) is 64.5 Å². The molecule has 8 nitrogen and oxygen atoms in total. The molecule has 0 amide bonds. The van der Waals surface area contributed by atoms with Crippen LogP contribution in [-0.2, 0) is 16.1 Å². The monoisotopic (exact) mass is 339 g/mol. The summed E-state index contributed by atoms with van der Waals surface area (Å²) in [4.78, 5) is 36.3. The maximum absolute atomic E-state index is 12.1. The summed E-state index contributed by atoms with van der Waals surface area (Å²) in [5, 5.41) is 2.92. The van der Waals surface area contributed by atoms with Crippen molar-refractivity contribution < 1.29 is 9.53 Å². The Morgan fingerprint density at radius 3 is 2.88 bits per heavy atom. The van der Waals surface area contributed by atoms with Crippen molar-refractivity contribution in [2.45, 2.75) is 20.0 Å². The summed E-state index contributed by atoms with van der Waals surface area (Å²) in [6, 6.07) is 6.74. The van der Waals surface area contributed by atoms with Gasteiger partial charge in [0.1, 0.15) is 12.3 Å². The Balaban J connectivity index is 1.56. The fraction of sp³-hybridized carbons (Fsp3) is 0.235. The smallest absolute Gasteiger partial charge is 0.307 e. The molecular formula is C17H17N5O3. The van der Waals surface area contributed by atoms with E-state index in [4.69, 9.17) is 4.74 Å². The molecule has 0 aliphatic rings. The van der Waals surface area contributed by atoms with E-state index in [-0.39, 0.29) is 18.6 Å². The zero-order valence-corrected chi connectivity index (χ0v) is 13.7. The number of hydrogen-bond donors (Lipinski definition) is 1. The van der Waals surface area contributed by atoms with Crippen molar-refractivity contribution in [2.75, 3.05) is 11.9 Å². The Bertz CT molecular complexity index is 940. The predicted molar refractivity (Wildman–Crippen MR) is 91.1 cm³/mol. The van der Waals surface area contributed by atoms with Crippen LogP contribution in [-0.4, -0.2) is 31.9 Å². The summed E-state index contributed by atoms with van der Waals surface area (Å²) < 4.78 is 6.64. The largest absolute Gasteiger partial charge is 0.459 e. The van der Waals surface area contributed by atoms with Crippen LogP contribution in [0.25, 0.3) is 5.65 Å². The van der Waals surface area contributed by atoms with Crippen molar-refractivity contribution in [2.24, 2.45) is 0 Å². The fourth-order valence-electron chi connectivity index (χ4n) is 2.28. The van der Waals surface area contributed by atoms with Gasteiger partial charge in [0, 0.05) is 31.2 Å². The average molecular weight is 339 g/mol. The minimum atomic E-state index is -0.393. The van der Waals surface area contributed by atoms with Crippen molar-refractivity contribution >= 4 is 17.6 Å². The first kappa shape index (κ1) is 16.6. The number of nitrogens with zero attached hydrogens (tertiary/aromatic N) is 4. The second kappa shape index (κ2) is 7.52. The highest BCUT2D eigenvalue weighted by Crippen LogP contribution is 2.06. The normalized spacial score (nSPS) is 10.6. The van der Waals surface area contributed by atoms with Crippen molar-refractivity contribution in [1.82, 2.24) is 19.4 Å². The molecule has 3 rings (SSSR count). The van der Waals surface area contributed by atoms with Gasteiger partial charge in [-0.05, 0) is 24.6 Å². The number of esters is 1. The molecule has 0 saturated heterocycles. The quantitative estimate of drug-likeness (QED) is 0.677. The lowest BCUT2D eigenvalue weighted by atomic mass is 10.3. The first-order valence-electron chi connectivity index (χ1n) is 7.78. The third kappa shape index (κ3) is 4.17. The maximum atomic E-state index is 12.1. The summed E-state index contributed by atoms with van der Waals surface area (Å²) >= 11 is 0. The molecule has 0 spiro atoms. The van der Waals surface area contributed by atoms with Gasteiger partial charge in [0.2, 0.25) is 5.95 Å². The molecule has 1 N–H and O–H groups in total. The van der Waals surface area contributed by atoms with Crippen LogP contribution in [0.3, 0.4) is 0 Å². The van der Waals surface area contributed by atoms with Gasteiger partial charge in [0.15, 0.2) is 0 Å². The molecule has 0 unspecified atom stereocenters. The number of carbonyl (C=O) groups excluding carboxylic acids is 1. The highest BCUT2D eigenvalue weighted by molar-refractivity contribution is 5.69. The summed E-state index contributed by atoms with van der Waals surface area (Å²) in [6.45, 7) is 2.19. The number of fused-ring (bicyclic) bond motifs is 1. The Hall–Kier alpha value is -3.29. The Morgan fingerprint density at radius 2 is 2.08 bits per heavy atom. The van der Waals surface area contributed by atoms with E-state index in [0.29, 0.717) is 23.8 Å². The van der Waals surface area contributed by atoms with E-state index in [2.05, 4.69) is 20.3 Å². The lowest BCUT2D eigenvalue weighted by Gasteiger charge is -2.08. The highest BCUT2D eigenvalue weighted by Gasteiger charge is 2.08. The van der Waals surface area contributed by atoms with Crippen LogP contribution in [0, 0.1) is 6.92 Å². The number of pyridine rings is 1. The summed E-state index contributed by atoms with van der Waals surface area (Å²) in [5.74, 6) is 0.0604. The van der Waals surface area contributed by atoms with Gasteiger partial charge in [0.25, 0.3) is 5.56 Å². The number of ether oxygens (including phenoxy) is 1. The standard InChI is InChI=1S/C17H17N5O3/c1-12-4-2-9-22-14(23)10-13(21-16(12)22)11-25-15(24)5-8-20-17-18-6-3-7-19-17/h2-4,6-7,9-10H,5,8,11H2,1H3,(H,18,19,20). The zero-order chi connectivity index (χ0) is 17.6. The second-order valence-electron chi connectivity index (χ2n) is 5.38. The highest BCUT2D eigenvalue weighted by atomic mass is 16.5. The van der Waals surface area contributed by atoms with Crippen LogP contribution in [0.15, 0.2) is 47.7 Å². The van der Waals surface area contributed by atoms with Crippen molar-refractivity contribution in [3.63, 3.8) is 0 Å². The van der Waals surface area contributed by atoms with E-state index < -0.39 is 5.97 Å². The van der Waals surface area contributed by atoms with Gasteiger partial charge in [-0.2, -0.15) is 0 Å². The first-order valence-corrected chi connectivity index (χ1v) is 7.78. The molecule has 0 atom stereocenters. The van der Waals surface area contributed by atoms with Gasteiger partial charge in [-0.1, -0.05) is 6.07 Å². The summed E-state index contributed by atoms with van der Waals surface area (Å²) in [5.41, 5.74) is 1.65. The predicted octanol–water partition coefficient (Wildman–Crippen LogP) is 1.34. The SMILES string of the molecule is Cc1cccn2c(=O)cc(COC(=O)CCNc3ncccn3)nc12. The van der Waals surface area contributed by atoms with Crippen LogP contribution in [0.4, 0.5) is 5.95 Å². The molecular weight excluding hydrogens is 322 g/mol. The summed E-state index contributed by atoms with van der Waals surface area (Å²) in [6.07, 6.45) is 5.04. The molecule has 0 fully saturated rings. The van der Waals surface area contributed by atoms with Crippen molar-refractivity contribution in [3.8, 4) is 0 Å². The van der Waals surface area contributed by atoms with Crippen LogP contribution >= 0.6 is 0 Å². The lowest BCUT2D eigenvalue weighted by molar-refractivity contribution is -0.144. The van der Waals surface area contributed by atoms with Crippen LogP contribution < -0.4 is 10.9 Å². The second-order valence-corrected chi connectivity index (χ2v) is 5.38. The molecule has 8 heteroatoms. The van der Waals surface area contributed by atoms with Crippen LogP contribution in [0.1, 0.15) is 17.7 Å². The molecule has 0 bridgehead atoms. The number of aryl methyl sites for hydroxylation is 1. The summed E-state index contributed by atoms with van der Waals surface area (Å²) in [7, 11) is 0. The van der Waals surface area contributed by atoms with Gasteiger partial charge in [-0.3, -0.25) is 14.0 Å². The number of hydrogen-bond acceptors (Lipinski definition) is 7. The third-order valence-electron chi connectivity index (χ3n) is 3.50. The molecule has 3 aromatic rings. The molecule has 0 aliphatic carbocycles. The molecule has 3 aromatic heterocycles. The van der Waals surface area contributed by atoms with Crippen molar-refractivity contribution in [1.29, 1.82) is 0 Å². The van der Waals surface area contributed by atoms with E-state index >= 15 is 0 Å². The minimum absolute atomic E-state index is 0.0409. The van der Waals surface area contributed by atoms with Crippen LogP contribution in [0.5, 0.6) is 0 Å². The van der Waals surface area contributed by atoms with Gasteiger partial charge in [-0.25, -0.2) is 15.0 Å².